The van der Waals surface area contributed by atoms with Gasteiger partial charge in [0.15, 0.2) is 0 Å². The Kier molecular flexibility index (Phi) is 4.03. The van der Waals surface area contributed by atoms with Crippen molar-refractivity contribution in [3.05, 3.63) is 35.9 Å². The Balaban J connectivity index is 0.000000336. The van der Waals surface area contributed by atoms with Crippen LogP contribution in [0.15, 0.2) is 30.3 Å². The quantitative estimate of drug-likeness (QED) is 0.601. The Morgan fingerprint density at radius 3 is 2.75 bits per heavy atom. The van der Waals surface area contributed by atoms with Crippen molar-refractivity contribution in [3.63, 3.8) is 0 Å². The molecule has 0 spiro atoms. The van der Waals surface area contributed by atoms with Gasteiger partial charge in [0.05, 0.1) is 0 Å². The summed E-state index contributed by atoms with van der Waals surface area (Å²) >= 11 is 1.38. The van der Waals surface area contributed by atoms with E-state index in [1.54, 1.807) is 0 Å². The predicted octanol–water partition coefficient (Wildman–Crippen LogP) is 2.67. The van der Waals surface area contributed by atoms with E-state index in [0.29, 0.717) is 6.61 Å². The number of hydrogen-bond donors (Lipinski definition) is 0. The van der Waals surface area contributed by atoms with Gasteiger partial charge >= 0.3 is 23.8 Å². The van der Waals surface area contributed by atoms with E-state index in [1.807, 2.05) is 30.3 Å². The summed E-state index contributed by atoms with van der Waals surface area (Å²) in [6, 6.07) is 8.03. The molecule has 0 atom stereocenters. The van der Waals surface area contributed by atoms with Crippen molar-refractivity contribution in [2.24, 2.45) is 0 Å². The number of ether oxygens (including phenoxy) is 1. The van der Waals surface area contributed by atoms with Crippen LogP contribution in [0.5, 0.6) is 5.75 Å². The van der Waals surface area contributed by atoms with Crippen molar-refractivity contribution in [3.8, 4) is 5.75 Å². The predicted molar refractivity (Wildman–Crippen MR) is 46.8 cm³/mol. The van der Waals surface area contributed by atoms with Gasteiger partial charge in [-0.05, 0) is 12.1 Å². The first-order valence-electron chi connectivity index (χ1n) is 4.06. The minimum absolute atomic E-state index is 0.705. The van der Waals surface area contributed by atoms with Crippen molar-refractivity contribution in [2.75, 3.05) is 6.61 Å². The molecule has 0 radical (unpaired) electrons. The Labute approximate surface area is 83.1 Å². The molecule has 0 unspecified atom stereocenters. The third-order valence-electron chi connectivity index (χ3n) is 1.55. The molecule has 1 aromatic rings. The second kappa shape index (κ2) is 5.10. The topological polar surface area (TPSA) is 9.23 Å². The van der Waals surface area contributed by atoms with Crippen molar-refractivity contribution < 1.29 is 23.0 Å². The van der Waals surface area contributed by atoms with E-state index in [9.17, 15) is 0 Å². The molecule has 0 aliphatic carbocycles. The summed E-state index contributed by atoms with van der Waals surface area (Å²) in [4.78, 5) is 0. The van der Waals surface area contributed by atoms with Crippen LogP contribution in [0.4, 0.5) is 0 Å². The zero-order valence-corrected chi connectivity index (χ0v) is 10.3. The van der Waals surface area contributed by atoms with E-state index in [-0.39, 0.29) is 0 Å². The van der Waals surface area contributed by atoms with Crippen LogP contribution in [0, 0.1) is 0 Å². The summed E-state index contributed by atoms with van der Waals surface area (Å²) in [5.41, 5.74) is 3.30. The molecule has 2 rings (SSSR count). The molecule has 2 heteroatoms. The second-order valence-corrected chi connectivity index (χ2v) is 2.25. The SMILES string of the molecule is C1=Cc2ccccc2OC1.[CH3][Zn]. The molecule has 1 heterocycles. The maximum absolute atomic E-state index is 5.34. The van der Waals surface area contributed by atoms with Crippen LogP contribution in [0.2, 0.25) is 5.52 Å². The van der Waals surface area contributed by atoms with Crippen molar-refractivity contribution in [2.45, 2.75) is 5.52 Å². The fourth-order valence-corrected chi connectivity index (χ4v) is 1.06. The zero-order chi connectivity index (χ0) is 8.81. The summed E-state index contributed by atoms with van der Waals surface area (Å²) in [5, 5.41) is 0. The summed E-state index contributed by atoms with van der Waals surface area (Å²) in [6.45, 7) is 0.705. The molecule has 1 aliphatic rings. The van der Waals surface area contributed by atoms with E-state index in [0.717, 1.165) is 5.75 Å². The number of benzene rings is 1. The molecule has 0 fully saturated rings. The second-order valence-electron chi connectivity index (χ2n) is 2.25. The van der Waals surface area contributed by atoms with Gasteiger partial charge in [0.1, 0.15) is 12.4 Å². The molecule has 0 bridgehead atoms. The van der Waals surface area contributed by atoms with Crippen LogP contribution in [0.3, 0.4) is 0 Å². The molecule has 1 aromatic carbocycles. The maximum atomic E-state index is 5.34. The van der Waals surface area contributed by atoms with Gasteiger partial charge in [-0.1, -0.05) is 24.3 Å². The van der Waals surface area contributed by atoms with E-state index in [1.165, 1.54) is 23.9 Å². The number of fused-ring (bicyclic) bond motifs is 1. The summed E-state index contributed by atoms with van der Waals surface area (Å²) < 4.78 is 5.34. The third kappa shape index (κ3) is 2.18. The summed E-state index contributed by atoms with van der Waals surface area (Å²) in [6.07, 6.45) is 4.10. The van der Waals surface area contributed by atoms with Crippen LogP contribution < -0.4 is 4.74 Å². The first-order chi connectivity index (χ1) is 5.97. The van der Waals surface area contributed by atoms with Crippen molar-refractivity contribution in [1.29, 1.82) is 0 Å². The standard InChI is InChI=1S/C9H8O.CH3.Zn/c1-2-6-9-8(4-1)5-3-7-10-9;;/h1-6H,7H2;1H3;. The Bertz CT molecular complexity index is 268. The third-order valence-corrected chi connectivity index (χ3v) is 1.55. The van der Waals surface area contributed by atoms with Crippen molar-refractivity contribution in [1.82, 2.24) is 0 Å². The molecular formula is C10H11OZn. The average Bonchev–Trinajstić information content (AvgIpc) is 2.21. The zero-order valence-electron chi connectivity index (χ0n) is 7.29. The van der Waals surface area contributed by atoms with Gasteiger partial charge in [0.25, 0.3) is 0 Å². The normalized spacial score (nSPS) is 12.2. The molecule has 0 saturated carbocycles. The number of rotatable bonds is 0. The Hall–Kier alpha value is -0.617. The van der Waals surface area contributed by atoms with Gasteiger partial charge < -0.3 is 4.74 Å². The fourth-order valence-electron chi connectivity index (χ4n) is 1.06. The van der Waals surface area contributed by atoms with Crippen LogP contribution >= 0.6 is 0 Å². The molecule has 0 saturated heterocycles. The van der Waals surface area contributed by atoms with Gasteiger partial charge in [-0.3, -0.25) is 0 Å². The molecular weight excluding hydrogens is 201 g/mol. The van der Waals surface area contributed by atoms with Gasteiger partial charge in [0.2, 0.25) is 0 Å². The Morgan fingerprint density at radius 1 is 1.25 bits per heavy atom. The molecule has 0 aromatic heterocycles. The monoisotopic (exact) mass is 211 g/mol. The van der Waals surface area contributed by atoms with E-state index >= 15 is 0 Å². The van der Waals surface area contributed by atoms with E-state index in [2.05, 4.69) is 11.6 Å². The van der Waals surface area contributed by atoms with Gasteiger partial charge in [0, 0.05) is 5.56 Å². The molecule has 1 aliphatic heterocycles. The van der Waals surface area contributed by atoms with Crippen LogP contribution in [-0.4, -0.2) is 6.61 Å². The number of hydrogen-bond acceptors (Lipinski definition) is 1. The first kappa shape index (κ1) is 9.47. The fraction of sp³-hybridized carbons (Fsp3) is 0.200. The average molecular weight is 213 g/mol. The molecule has 1 nitrogen and oxygen atoms in total. The number of para-hydroxylation sites is 1. The minimum atomic E-state index is 0.705. The first-order valence-corrected chi connectivity index (χ1v) is 7.02. The summed E-state index contributed by atoms with van der Waals surface area (Å²) in [7, 11) is 0. The van der Waals surface area contributed by atoms with E-state index in [4.69, 9.17) is 4.74 Å². The van der Waals surface area contributed by atoms with Crippen LogP contribution in [0.1, 0.15) is 5.56 Å². The van der Waals surface area contributed by atoms with E-state index < -0.39 is 0 Å². The van der Waals surface area contributed by atoms with Gasteiger partial charge in [-0.2, -0.15) is 0 Å². The summed E-state index contributed by atoms with van der Waals surface area (Å²) in [5.74, 6) is 0.991. The molecule has 0 N–H and O–H groups in total. The van der Waals surface area contributed by atoms with Crippen LogP contribution in [-0.2, 0) is 18.3 Å². The molecule has 0 amide bonds. The van der Waals surface area contributed by atoms with Crippen molar-refractivity contribution >= 4 is 6.08 Å². The van der Waals surface area contributed by atoms with Gasteiger partial charge in [-0.25, -0.2) is 0 Å². The Morgan fingerprint density at radius 2 is 2.00 bits per heavy atom. The molecule has 12 heavy (non-hydrogen) atoms. The van der Waals surface area contributed by atoms with Crippen LogP contribution in [0.25, 0.3) is 6.08 Å². The molecule has 59 valence electrons. The van der Waals surface area contributed by atoms with Gasteiger partial charge in [-0.15, -0.1) is 0 Å².